The number of nitrogens with zero attached hydrogens (tertiary/aromatic N) is 1. The molecule has 1 saturated carbocycles. The summed E-state index contributed by atoms with van der Waals surface area (Å²) in [4.78, 5) is 2.34. The molecule has 1 aliphatic rings. The fourth-order valence-electron chi connectivity index (χ4n) is 2.74. The zero-order valence-electron chi connectivity index (χ0n) is 11.3. The smallest absolute Gasteiger partial charge is 0.0580 e. The van der Waals surface area contributed by atoms with Crippen LogP contribution in [0.1, 0.15) is 51.4 Å². The van der Waals surface area contributed by atoms with Gasteiger partial charge in [-0.2, -0.15) is 0 Å². The largest absolute Gasteiger partial charge is 0.396 e. The average molecular weight is 243 g/mol. The Bertz CT molecular complexity index is 187. The second-order valence-electron chi connectivity index (χ2n) is 5.51. The van der Waals surface area contributed by atoms with Gasteiger partial charge in [-0.25, -0.2) is 0 Å². The minimum Gasteiger partial charge on any atom is -0.396 e. The molecule has 1 fully saturated rings. The van der Waals surface area contributed by atoms with Crippen molar-refractivity contribution in [1.29, 1.82) is 0 Å². The van der Waals surface area contributed by atoms with Crippen LogP contribution in [0.4, 0.5) is 0 Å². The summed E-state index contributed by atoms with van der Waals surface area (Å²) >= 11 is 0. The van der Waals surface area contributed by atoms with Gasteiger partial charge >= 0.3 is 0 Å². The van der Waals surface area contributed by atoms with E-state index >= 15 is 0 Å². The van der Waals surface area contributed by atoms with E-state index in [0.717, 1.165) is 38.8 Å². The summed E-state index contributed by atoms with van der Waals surface area (Å²) in [6.07, 6.45) is 9.02. The molecule has 0 heterocycles. The second-order valence-corrected chi connectivity index (χ2v) is 5.51. The molecule has 2 N–H and O–H groups in total. The predicted octanol–water partition coefficient (Wildman–Crippen LogP) is 2.02. The van der Waals surface area contributed by atoms with E-state index < -0.39 is 0 Å². The molecule has 3 heteroatoms. The molecule has 3 nitrogen and oxygen atoms in total. The van der Waals surface area contributed by atoms with E-state index in [9.17, 15) is 5.11 Å². The zero-order chi connectivity index (χ0) is 12.5. The summed E-state index contributed by atoms with van der Waals surface area (Å²) in [6.45, 7) is 2.43. The van der Waals surface area contributed by atoms with E-state index in [1.165, 1.54) is 25.7 Å². The van der Waals surface area contributed by atoms with Gasteiger partial charge in [0.1, 0.15) is 0 Å². The molecule has 2 unspecified atom stereocenters. The van der Waals surface area contributed by atoms with Crippen LogP contribution in [-0.2, 0) is 0 Å². The molecule has 102 valence electrons. The SMILES string of the molecule is CN(CCCCCO)CC1CCCCCC1O. The molecule has 0 aromatic heterocycles. The molecule has 0 aromatic rings. The van der Waals surface area contributed by atoms with Gasteiger partial charge in [0.2, 0.25) is 0 Å². The maximum atomic E-state index is 10.0. The molecular weight excluding hydrogens is 214 g/mol. The third kappa shape index (κ3) is 6.39. The first-order valence-electron chi connectivity index (χ1n) is 7.21. The van der Waals surface area contributed by atoms with Crippen LogP contribution < -0.4 is 0 Å². The molecule has 0 saturated heterocycles. The molecule has 17 heavy (non-hydrogen) atoms. The Balaban J connectivity index is 2.16. The van der Waals surface area contributed by atoms with Crippen LogP contribution in [0.25, 0.3) is 0 Å². The van der Waals surface area contributed by atoms with Gasteiger partial charge in [0, 0.05) is 13.2 Å². The van der Waals surface area contributed by atoms with Gasteiger partial charge in [0.05, 0.1) is 6.10 Å². The number of aliphatic hydroxyl groups excluding tert-OH is 2. The standard InChI is InChI=1S/C14H29NO2/c1-15(10-6-3-7-11-16)12-13-8-4-2-5-9-14(13)17/h13-14,16-17H,2-12H2,1H3. The Kier molecular flexibility index (Phi) is 7.82. The number of rotatable bonds is 7. The molecule has 0 radical (unpaired) electrons. The monoisotopic (exact) mass is 243 g/mol. The first-order valence-corrected chi connectivity index (χ1v) is 7.21. The zero-order valence-corrected chi connectivity index (χ0v) is 11.3. The summed E-state index contributed by atoms with van der Waals surface area (Å²) < 4.78 is 0. The molecule has 0 aliphatic heterocycles. The Morgan fingerprint density at radius 1 is 1.06 bits per heavy atom. The fourth-order valence-corrected chi connectivity index (χ4v) is 2.74. The van der Waals surface area contributed by atoms with Crippen LogP contribution in [0.2, 0.25) is 0 Å². The molecule has 0 aromatic carbocycles. The molecule has 2 atom stereocenters. The quantitative estimate of drug-likeness (QED) is 0.531. The van der Waals surface area contributed by atoms with Crippen LogP contribution in [0, 0.1) is 5.92 Å². The maximum absolute atomic E-state index is 10.0. The van der Waals surface area contributed by atoms with Crippen molar-refractivity contribution in [3.63, 3.8) is 0 Å². The van der Waals surface area contributed by atoms with Crippen molar-refractivity contribution >= 4 is 0 Å². The van der Waals surface area contributed by atoms with E-state index in [0.29, 0.717) is 12.5 Å². The van der Waals surface area contributed by atoms with E-state index in [1.54, 1.807) is 0 Å². The van der Waals surface area contributed by atoms with Crippen LogP contribution >= 0.6 is 0 Å². The average Bonchev–Trinajstić information content (AvgIpc) is 2.51. The van der Waals surface area contributed by atoms with Crippen LogP contribution in [0.3, 0.4) is 0 Å². The molecule has 0 amide bonds. The number of aliphatic hydroxyl groups is 2. The molecule has 1 aliphatic carbocycles. The van der Waals surface area contributed by atoms with Crippen molar-refractivity contribution in [3.05, 3.63) is 0 Å². The fraction of sp³-hybridized carbons (Fsp3) is 1.00. The highest BCUT2D eigenvalue weighted by molar-refractivity contribution is 4.75. The predicted molar refractivity (Wildman–Crippen MR) is 71.0 cm³/mol. The summed E-state index contributed by atoms with van der Waals surface area (Å²) in [5.74, 6) is 0.473. The van der Waals surface area contributed by atoms with Gasteiger partial charge in [-0.1, -0.05) is 19.3 Å². The second kappa shape index (κ2) is 8.90. The van der Waals surface area contributed by atoms with Crippen LogP contribution in [-0.4, -0.2) is 48.0 Å². The van der Waals surface area contributed by atoms with Gasteiger partial charge in [-0.3, -0.25) is 0 Å². The lowest BCUT2D eigenvalue weighted by atomic mass is 9.97. The van der Waals surface area contributed by atoms with Crippen LogP contribution in [0.15, 0.2) is 0 Å². The van der Waals surface area contributed by atoms with E-state index in [2.05, 4.69) is 11.9 Å². The minimum absolute atomic E-state index is 0.0857. The lowest BCUT2D eigenvalue weighted by molar-refractivity contribution is 0.0790. The van der Waals surface area contributed by atoms with Gasteiger partial charge in [0.15, 0.2) is 0 Å². The first kappa shape index (κ1) is 14.9. The van der Waals surface area contributed by atoms with E-state index in [4.69, 9.17) is 5.11 Å². The summed E-state index contributed by atoms with van der Waals surface area (Å²) in [5, 5.41) is 18.8. The summed E-state index contributed by atoms with van der Waals surface area (Å²) in [6, 6.07) is 0. The van der Waals surface area contributed by atoms with E-state index in [1.807, 2.05) is 0 Å². The first-order chi connectivity index (χ1) is 8.24. The molecular formula is C14H29NO2. The van der Waals surface area contributed by atoms with Gasteiger partial charge in [-0.15, -0.1) is 0 Å². The lowest BCUT2D eigenvalue weighted by Gasteiger charge is -2.26. The Hall–Kier alpha value is -0.120. The maximum Gasteiger partial charge on any atom is 0.0580 e. The third-order valence-corrected chi connectivity index (χ3v) is 3.86. The molecule has 0 spiro atoms. The Morgan fingerprint density at radius 2 is 1.82 bits per heavy atom. The van der Waals surface area contributed by atoms with E-state index in [-0.39, 0.29) is 6.10 Å². The van der Waals surface area contributed by atoms with Crippen molar-refractivity contribution in [2.45, 2.75) is 57.5 Å². The minimum atomic E-state index is -0.0857. The van der Waals surface area contributed by atoms with Crippen molar-refractivity contribution < 1.29 is 10.2 Å². The van der Waals surface area contributed by atoms with Gasteiger partial charge in [0.25, 0.3) is 0 Å². The normalized spacial score (nSPS) is 26.1. The highest BCUT2D eigenvalue weighted by Crippen LogP contribution is 2.24. The lowest BCUT2D eigenvalue weighted by Crippen LogP contribution is -2.33. The van der Waals surface area contributed by atoms with Crippen molar-refractivity contribution in [2.75, 3.05) is 26.7 Å². The highest BCUT2D eigenvalue weighted by atomic mass is 16.3. The summed E-state index contributed by atoms with van der Waals surface area (Å²) in [5.41, 5.74) is 0. The molecule has 1 rings (SSSR count). The Morgan fingerprint density at radius 3 is 2.59 bits per heavy atom. The van der Waals surface area contributed by atoms with Crippen molar-refractivity contribution in [1.82, 2.24) is 4.90 Å². The van der Waals surface area contributed by atoms with Crippen molar-refractivity contribution in [2.24, 2.45) is 5.92 Å². The van der Waals surface area contributed by atoms with Gasteiger partial charge in [-0.05, 0) is 51.6 Å². The topological polar surface area (TPSA) is 43.7 Å². The Labute approximate surface area is 106 Å². The number of hydrogen-bond acceptors (Lipinski definition) is 3. The highest BCUT2D eigenvalue weighted by Gasteiger charge is 2.22. The number of unbranched alkanes of at least 4 members (excludes halogenated alkanes) is 2. The van der Waals surface area contributed by atoms with Gasteiger partial charge < -0.3 is 15.1 Å². The summed E-state index contributed by atoms with van der Waals surface area (Å²) in [7, 11) is 2.15. The van der Waals surface area contributed by atoms with Crippen molar-refractivity contribution in [3.8, 4) is 0 Å². The molecule has 0 bridgehead atoms. The third-order valence-electron chi connectivity index (χ3n) is 3.86. The van der Waals surface area contributed by atoms with Crippen LogP contribution in [0.5, 0.6) is 0 Å². The number of hydrogen-bond donors (Lipinski definition) is 2.